The number of hydrogen-bond donors (Lipinski definition) is 2. The van der Waals surface area contributed by atoms with Gasteiger partial charge in [-0.1, -0.05) is 24.3 Å². The van der Waals surface area contributed by atoms with E-state index >= 15 is 0 Å². The Morgan fingerprint density at radius 1 is 1.31 bits per heavy atom. The Hall–Kier alpha value is -0.900. The van der Waals surface area contributed by atoms with Gasteiger partial charge in [-0.3, -0.25) is 0 Å². The van der Waals surface area contributed by atoms with Gasteiger partial charge in [-0.05, 0) is 24.5 Å². The van der Waals surface area contributed by atoms with E-state index in [0.29, 0.717) is 0 Å². The molecule has 1 heterocycles. The summed E-state index contributed by atoms with van der Waals surface area (Å²) in [5, 5.41) is 12.5. The largest absolute Gasteiger partial charge is 0.392 e. The second kappa shape index (κ2) is 4.95. The molecule has 1 aromatic rings. The monoisotopic (exact) mass is 221 g/mol. The van der Waals surface area contributed by atoms with E-state index in [1.807, 2.05) is 12.1 Å². The van der Waals surface area contributed by atoms with Crippen LogP contribution in [-0.2, 0) is 17.9 Å². The molecule has 0 bridgehead atoms. The maximum absolute atomic E-state index is 8.94. The van der Waals surface area contributed by atoms with E-state index in [0.717, 1.165) is 31.7 Å². The molecule has 2 N–H and O–H groups in total. The Bertz CT molecular complexity index is 328. The van der Waals surface area contributed by atoms with Gasteiger partial charge in [0.25, 0.3) is 0 Å². The van der Waals surface area contributed by atoms with Crippen LogP contribution in [0.2, 0.25) is 0 Å². The van der Waals surface area contributed by atoms with Crippen LogP contribution < -0.4 is 5.32 Å². The van der Waals surface area contributed by atoms with Gasteiger partial charge in [-0.25, -0.2) is 0 Å². The third kappa shape index (κ3) is 2.82. The van der Waals surface area contributed by atoms with Crippen LogP contribution in [0, 0.1) is 0 Å². The maximum atomic E-state index is 8.94. The minimum atomic E-state index is 0.110. The second-order valence-corrected chi connectivity index (χ2v) is 4.69. The van der Waals surface area contributed by atoms with Gasteiger partial charge in [-0.15, -0.1) is 0 Å². The van der Waals surface area contributed by atoms with Crippen LogP contribution in [0.25, 0.3) is 0 Å². The molecule has 0 radical (unpaired) electrons. The summed E-state index contributed by atoms with van der Waals surface area (Å²) < 4.78 is 5.39. The molecule has 1 saturated heterocycles. The summed E-state index contributed by atoms with van der Waals surface area (Å²) >= 11 is 0. The van der Waals surface area contributed by atoms with E-state index in [1.54, 1.807) is 0 Å². The molecule has 1 aromatic carbocycles. The number of ether oxygens (including phenoxy) is 1. The molecule has 0 saturated carbocycles. The number of rotatable bonds is 4. The molecule has 16 heavy (non-hydrogen) atoms. The van der Waals surface area contributed by atoms with Gasteiger partial charge >= 0.3 is 0 Å². The smallest absolute Gasteiger partial charge is 0.0681 e. The van der Waals surface area contributed by atoms with Crippen LogP contribution in [0.15, 0.2) is 24.3 Å². The van der Waals surface area contributed by atoms with Crippen LogP contribution >= 0.6 is 0 Å². The average Bonchev–Trinajstić information content (AvgIpc) is 2.75. The lowest BCUT2D eigenvalue weighted by molar-refractivity contribution is 0.171. The van der Waals surface area contributed by atoms with Crippen molar-refractivity contribution in [2.24, 2.45) is 0 Å². The van der Waals surface area contributed by atoms with Crippen molar-refractivity contribution < 1.29 is 9.84 Å². The van der Waals surface area contributed by atoms with Crippen LogP contribution in [-0.4, -0.2) is 23.9 Å². The van der Waals surface area contributed by atoms with Crippen molar-refractivity contribution in [2.45, 2.75) is 32.0 Å². The fraction of sp³-hybridized carbons (Fsp3) is 0.538. The number of nitrogens with one attached hydrogen (secondary N) is 1. The zero-order valence-corrected chi connectivity index (χ0v) is 9.70. The highest BCUT2D eigenvalue weighted by Gasteiger charge is 2.28. The van der Waals surface area contributed by atoms with Crippen molar-refractivity contribution in [3.05, 3.63) is 35.4 Å². The van der Waals surface area contributed by atoms with Gasteiger partial charge in [0.2, 0.25) is 0 Å². The van der Waals surface area contributed by atoms with Crippen LogP contribution in [0.5, 0.6) is 0 Å². The van der Waals surface area contributed by atoms with E-state index < -0.39 is 0 Å². The molecule has 1 unspecified atom stereocenters. The van der Waals surface area contributed by atoms with Crippen LogP contribution in [0.1, 0.15) is 24.5 Å². The van der Waals surface area contributed by atoms with Gasteiger partial charge in [0, 0.05) is 18.7 Å². The van der Waals surface area contributed by atoms with Crippen LogP contribution in [0.3, 0.4) is 0 Å². The van der Waals surface area contributed by atoms with Crippen molar-refractivity contribution in [3.8, 4) is 0 Å². The molecule has 88 valence electrons. The summed E-state index contributed by atoms with van der Waals surface area (Å²) in [5.41, 5.74) is 2.32. The van der Waals surface area contributed by atoms with Crippen LogP contribution in [0.4, 0.5) is 0 Å². The molecule has 2 rings (SSSR count). The van der Waals surface area contributed by atoms with Crippen molar-refractivity contribution in [1.82, 2.24) is 5.32 Å². The highest BCUT2D eigenvalue weighted by atomic mass is 16.5. The molecule has 1 aliphatic heterocycles. The van der Waals surface area contributed by atoms with Gasteiger partial charge < -0.3 is 15.2 Å². The topological polar surface area (TPSA) is 41.5 Å². The fourth-order valence-electron chi connectivity index (χ4n) is 1.88. The summed E-state index contributed by atoms with van der Waals surface area (Å²) in [5.74, 6) is 0. The van der Waals surface area contributed by atoms with Crippen molar-refractivity contribution in [2.75, 3.05) is 13.2 Å². The number of hydrogen-bond acceptors (Lipinski definition) is 3. The second-order valence-electron chi connectivity index (χ2n) is 4.69. The zero-order valence-electron chi connectivity index (χ0n) is 9.70. The highest BCUT2D eigenvalue weighted by Crippen LogP contribution is 2.18. The Morgan fingerprint density at radius 3 is 2.56 bits per heavy atom. The molecular weight excluding hydrogens is 202 g/mol. The summed E-state index contributed by atoms with van der Waals surface area (Å²) in [6.07, 6.45) is 1.07. The first-order valence-corrected chi connectivity index (χ1v) is 5.73. The average molecular weight is 221 g/mol. The Morgan fingerprint density at radius 2 is 2.00 bits per heavy atom. The lowest BCUT2D eigenvalue weighted by Gasteiger charge is -2.23. The van der Waals surface area contributed by atoms with Crippen molar-refractivity contribution >= 4 is 0 Å². The van der Waals surface area contributed by atoms with E-state index in [1.165, 1.54) is 5.56 Å². The minimum Gasteiger partial charge on any atom is -0.392 e. The van der Waals surface area contributed by atoms with E-state index in [4.69, 9.17) is 9.84 Å². The van der Waals surface area contributed by atoms with Crippen molar-refractivity contribution in [1.29, 1.82) is 0 Å². The summed E-state index contributed by atoms with van der Waals surface area (Å²) in [7, 11) is 0. The normalized spacial score (nSPS) is 24.9. The number of aliphatic hydroxyl groups excluding tert-OH is 1. The zero-order chi connectivity index (χ0) is 11.4. The summed E-state index contributed by atoms with van der Waals surface area (Å²) in [6.45, 7) is 4.81. The quantitative estimate of drug-likeness (QED) is 0.808. The molecule has 3 nitrogen and oxygen atoms in total. The molecular formula is C13H19NO2. The molecule has 3 heteroatoms. The predicted molar refractivity (Wildman–Crippen MR) is 63.0 cm³/mol. The standard InChI is InChI=1S/C13H19NO2/c1-13(6-7-16-10-13)14-8-11-2-4-12(9-15)5-3-11/h2-5,14-15H,6-10H2,1H3. The van der Waals surface area contributed by atoms with E-state index in [2.05, 4.69) is 24.4 Å². The maximum Gasteiger partial charge on any atom is 0.0681 e. The molecule has 1 aliphatic rings. The molecule has 0 amide bonds. The summed E-state index contributed by atoms with van der Waals surface area (Å²) in [6, 6.07) is 8.03. The number of aliphatic hydroxyl groups is 1. The fourth-order valence-corrected chi connectivity index (χ4v) is 1.88. The van der Waals surface area contributed by atoms with Crippen molar-refractivity contribution in [3.63, 3.8) is 0 Å². The third-order valence-corrected chi connectivity index (χ3v) is 3.14. The SMILES string of the molecule is CC1(NCc2ccc(CO)cc2)CCOC1. The van der Waals surface area contributed by atoms with Gasteiger partial charge in [0.05, 0.1) is 13.2 Å². The lowest BCUT2D eigenvalue weighted by atomic mass is 10.0. The molecule has 1 atom stereocenters. The van der Waals surface area contributed by atoms with E-state index in [9.17, 15) is 0 Å². The highest BCUT2D eigenvalue weighted by molar-refractivity contribution is 5.22. The van der Waals surface area contributed by atoms with Gasteiger partial charge in [0.15, 0.2) is 0 Å². The van der Waals surface area contributed by atoms with Gasteiger partial charge in [-0.2, -0.15) is 0 Å². The van der Waals surface area contributed by atoms with Gasteiger partial charge in [0.1, 0.15) is 0 Å². The van der Waals surface area contributed by atoms with E-state index in [-0.39, 0.29) is 12.1 Å². The molecule has 1 fully saturated rings. The molecule has 0 aliphatic carbocycles. The third-order valence-electron chi connectivity index (χ3n) is 3.14. The first-order valence-electron chi connectivity index (χ1n) is 5.73. The minimum absolute atomic E-state index is 0.110. The summed E-state index contributed by atoms with van der Waals surface area (Å²) in [4.78, 5) is 0. The number of benzene rings is 1. The first-order chi connectivity index (χ1) is 7.72. The Labute approximate surface area is 96.4 Å². The molecule has 0 spiro atoms. The Kier molecular flexibility index (Phi) is 3.59. The lowest BCUT2D eigenvalue weighted by Crippen LogP contribution is -2.42. The predicted octanol–water partition coefficient (Wildman–Crippen LogP) is 1.45. The Balaban J connectivity index is 1.89. The first kappa shape index (κ1) is 11.6. The molecule has 0 aromatic heterocycles.